The first-order valence-corrected chi connectivity index (χ1v) is 7.83. The summed E-state index contributed by atoms with van der Waals surface area (Å²) in [5.41, 5.74) is 0.369. The molecule has 1 fully saturated rings. The second-order valence-corrected chi connectivity index (χ2v) is 6.17. The molecule has 1 N–H and O–H groups in total. The van der Waals surface area contributed by atoms with Gasteiger partial charge < -0.3 is 14.8 Å². The van der Waals surface area contributed by atoms with Gasteiger partial charge in [0.15, 0.2) is 0 Å². The van der Waals surface area contributed by atoms with Crippen molar-refractivity contribution in [2.24, 2.45) is 5.41 Å². The second-order valence-electron chi connectivity index (χ2n) is 4.77. The number of thioether (sulfide) groups is 1. The van der Waals surface area contributed by atoms with Gasteiger partial charge in [0.05, 0.1) is 13.2 Å². The van der Waals surface area contributed by atoms with E-state index in [-0.39, 0.29) is 0 Å². The van der Waals surface area contributed by atoms with E-state index in [0.29, 0.717) is 5.41 Å². The van der Waals surface area contributed by atoms with Gasteiger partial charge in [-0.15, -0.1) is 0 Å². The first-order chi connectivity index (χ1) is 8.33. The summed E-state index contributed by atoms with van der Waals surface area (Å²) in [6.45, 7) is 6.91. The number of rotatable bonds is 9. The first kappa shape index (κ1) is 15.3. The SMILES string of the molecule is CCSCCC1(CNCCOC)CCCOC1. The quantitative estimate of drug-likeness (QED) is 0.644. The van der Waals surface area contributed by atoms with Crippen molar-refractivity contribution >= 4 is 11.8 Å². The monoisotopic (exact) mass is 261 g/mol. The molecule has 1 atom stereocenters. The fourth-order valence-corrected chi connectivity index (χ4v) is 3.16. The number of hydrogen-bond acceptors (Lipinski definition) is 4. The maximum absolute atomic E-state index is 5.69. The molecular formula is C13H27NO2S. The summed E-state index contributed by atoms with van der Waals surface area (Å²) in [7, 11) is 1.75. The van der Waals surface area contributed by atoms with Gasteiger partial charge in [-0.05, 0) is 30.8 Å². The van der Waals surface area contributed by atoms with E-state index in [4.69, 9.17) is 9.47 Å². The van der Waals surface area contributed by atoms with Crippen molar-refractivity contribution in [2.45, 2.75) is 26.2 Å². The van der Waals surface area contributed by atoms with Crippen LogP contribution in [0.3, 0.4) is 0 Å². The molecule has 0 aromatic heterocycles. The van der Waals surface area contributed by atoms with Crippen molar-refractivity contribution in [2.75, 3.05) is 51.5 Å². The Bertz CT molecular complexity index is 184. The molecule has 3 nitrogen and oxygen atoms in total. The predicted octanol–water partition coefficient (Wildman–Crippen LogP) is 2.16. The fourth-order valence-electron chi connectivity index (χ4n) is 2.30. The third-order valence-corrected chi connectivity index (χ3v) is 4.27. The largest absolute Gasteiger partial charge is 0.383 e. The molecule has 1 aliphatic rings. The van der Waals surface area contributed by atoms with Crippen LogP contribution in [0.4, 0.5) is 0 Å². The minimum absolute atomic E-state index is 0.369. The Balaban J connectivity index is 2.29. The molecule has 0 amide bonds. The zero-order chi connectivity index (χ0) is 12.4. The molecule has 1 unspecified atom stereocenters. The highest BCUT2D eigenvalue weighted by Crippen LogP contribution is 2.32. The maximum Gasteiger partial charge on any atom is 0.0587 e. The summed E-state index contributed by atoms with van der Waals surface area (Å²) in [4.78, 5) is 0. The Hall–Kier alpha value is 0.230. The van der Waals surface area contributed by atoms with Crippen molar-refractivity contribution in [3.8, 4) is 0 Å². The minimum Gasteiger partial charge on any atom is -0.383 e. The van der Waals surface area contributed by atoms with Crippen LogP contribution < -0.4 is 5.32 Å². The molecule has 0 saturated carbocycles. The van der Waals surface area contributed by atoms with Crippen LogP contribution in [0.25, 0.3) is 0 Å². The summed E-state index contributed by atoms with van der Waals surface area (Å²) in [6, 6.07) is 0. The van der Waals surface area contributed by atoms with Gasteiger partial charge in [-0.1, -0.05) is 6.92 Å². The third-order valence-electron chi connectivity index (χ3n) is 3.37. The molecule has 0 radical (unpaired) electrons. The van der Waals surface area contributed by atoms with Crippen LogP contribution in [0.15, 0.2) is 0 Å². The lowest BCUT2D eigenvalue weighted by Gasteiger charge is -2.37. The number of methoxy groups -OCH3 is 1. The highest BCUT2D eigenvalue weighted by Gasteiger charge is 2.31. The van der Waals surface area contributed by atoms with Crippen molar-refractivity contribution < 1.29 is 9.47 Å². The van der Waals surface area contributed by atoms with E-state index in [2.05, 4.69) is 12.2 Å². The van der Waals surface area contributed by atoms with E-state index in [1.807, 2.05) is 11.8 Å². The van der Waals surface area contributed by atoms with E-state index in [0.717, 1.165) is 32.9 Å². The Kier molecular flexibility index (Phi) is 8.27. The van der Waals surface area contributed by atoms with Crippen LogP contribution in [-0.2, 0) is 9.47 Å². The van der Waals surface area contributed by atoms with Crippen LogP contribution in [0.2, 0.25) is 0 Å². The number of nitrogens with one attached hydrogen (secondary N) is 1. The topological polar surface area (TPSA) is 30.5 Å². The highest BCUT2D eigenvalue weighted by atomic mass is 32.2. The summed E-state index contributed by atoms with van der Waals surface area (Å²) in [5, 5.41) is 3.51. The van der Waals surface area contributed by atoms with Crippen molar-refractivity contribution in [3.05, 3.63) is 0 Å². The molecular weight excluding hydrogens is 234 g/mol. The van der Waals surface area contributed by atoms with Gasteiger partial charge in [-0.25, -0.2) is 0 Å². The van der Waals surface area contributed by atoms with Gasteiger partial charge in [0.1, 0.15) is 0 Å². The van der Waals surface area contributed by atoms with Gasteiger partial charge in [0.25, 0.3) is 0 Å². The van der Waals surface area contributed by atoms with E-state index in [1.54, 1.807) is 7.11 Å². The lowest BCUT2D eigenvalue weighted by molar-refractivity contribution is -0.00927. The molecule has 17 heavy (non-hydrogen) atoms. The van der Waals surface area contributed by atoms with E-state index >= 15 is 0 Å². The normalized spacial score (nSPS) is 25.1. The van der Waals surface area contributed by atoms with Crippen molar-refractivity contribution in [1.82, 2.24) is 5.32 Å². The van der Waals surface area contributed by atoms with Crippen LogP contribution in [0, 0.1) is 5.41 Å². The second kappa shape index (κ2) is 9.20. The molecule has 0 aliphatic carbocycles. The lowest BCUT2D eigenvalue weighted by atomic mass is 9.80. The molecule has 0 bridgehead atoms. The van der Waals surface area contributed by atoms with Crippen LogP contribution >= 0.6 is 11.8 Å². The molecule has 1 heterocycles. The van der Waals surface area contributed by atoms with E-state index in [9.17, 15) is 0 Å². The first-order valence-electron chi connectivity index (χ1n) is 6.68. The summed E-state index contributed by atoms with van der Waals surface area (Å²) >= 11 is 2.04. The highest BCUT2D eigenvalue weighted by molar-refractivity contribution is 7.99. The predicted molar refractivity (Wildman–Crippen MR) is 74.8 cm³/mol. The molecule has 0 spiro atoms. The molecule has 1 rings (SSSR count). The van der Waals surface area contributed by atoms with Gasteiger partial charge in [-0.2, -0.15) is 11.8 Å². The van der Waals surface area contributed by atoms with Gasteiger partial charge in [-0.3, -0.25) is 0 Å². The average molecular weight is 261 g/mol. The maximum atomic E-state index is 5.69. The van der Waals surface area contributed by atoms with E-state index in [1.165, 1.54) is 30.8 Å². The van der Waals surface area contributed by atoms with Crippen LogP contribution in [-0.4, -0.2) is 51.5 Å². The Morgan fingerprint density at radius 3 is 3.00 bits per heavy atom. The molecule has 102 valence electrons. The Labute approximate surface area is 110 Å². The fraction of sp³-hybridized carbons (Fsp3) is 1.00. The molecule has 1 saturated heterocycles. The Morgan fingerprint density at radius 1 is 1.47 bits per heavy atom. The zero-order valence-corrected chi connectivity index (χ0v) is 12.1. The average Bonchev–Trinajstić information content (AvgIpc) is 2.36. The summed E-state index contributed by atoms with van der Waals surface area (Å²) < 4.78 is 10.8. The molecule has 4 heteroatoms. The summed E-state index contributed by atoms with van der Waals surface area (Å²) in [5.74, 6) is 2.47. The van der Waals surface area contributed by atoms with Crippen molar-refractivity contribution in [3.63, 3.8) is 0 Å². The van der Waals surface area contributed by atoms with Gasteiger partial charge in [0, 0.05) is 32.2 Å². The Morgan fingerprint density at radius 2 is 2.35 bits per heavy atom. The molecule has 0 aromatic rings. The summed E-state index contributed by atoms with van der Waals surface area (Å²) in [6.07, 6.45) is 3.78. The molecule has 0 aromatic carbocycles. The van der Waals surface area contributed by atoms with Gasteiger partial charge >= 0.3 is 0 Å². The lowest BCUT2D eigenvalue weighted by Crippen LogP contribution is -2.42. The number of ether oxygens (including phenoxy) is 2. The molecule has 1 aliphatic heterocycles. The number of hydrogen-bond donors (Lipinski definition) is 1. The van der Waals surface area contributed by atoms with E-state index < -0.39 is 0 Å². The van der Waals surface area contributed by atoms with Crippen LogP contribution in [0.1, 0.15) is 26.2 Å². The smallest absolute Gasteiger partial charge is 0.0587 e. The van der Waals surface area contributed by atoms with Gasteiger partial charge in [0.2, 0.25) is 0 Å². The minimum atomic E-state index is 0.369. The zero-order valence-electron chi connectivity index (χ0n) is 11.3. The standard InChI is InChI=1S/C13H27NO2S/c1-3-17-10-6-13(5-4-8-16-12-13)11-14-7-9-15-2/h14H,3-12H2,1-2H3. The third kappa shape index (κ3) is 6.09. The van der Waals surface area contributed by atoms with Crippen LogP contribution in [0.5, 0.6) is 0 Å². The van der Waals surface area contributed by atoms with Crippen molar-refractivity contribution in [1.29, 1.82) is 0 Å².